The van der Waals surface area contributed by atoms with Crippen LogP contribution in [0, 0.1) is 5.92 Å². The van der Waals surface area contributed by atoms with E-state index >= 15 is 0 Å². The highest BCUT2D eigenvalue weighted by atomic mass is 16.5. The molecule has 0 spiro atoms. The number of aliphatic hydroxyl groups is 1. The zero-order valence-electron chi connectivity index (χ0n) is 20.6. The zero-order chi connectivity index (χ0) is 26.1. The SMILES string of the molecule is CCCCCCOC(=O)Nc1cc(CC2C(O)N(C(=O)NC(C)c3ccccc3)C2C(=O)O)ccn1. The van der Waals surface area contributed by atoms with Crippen molar-refractivity contribution in [1.29, 1.82) is 0 Å². The molecule has 0 saturated carbocycles. The fourth-order valence-electron chi connectivity index (χ4n) is 4.27. The molecule has 0 radical (unpaired) electrons. The molecule has 4 N–H and O–H groups in total. The third-order valence-electron chi connectivity index (χ3n) is 6.26. The molecule has 1 aliphatic heterocycles. The van der Waals surface area contributed by atoms with Crippen LogP contribution in [0.4, 0.5) is 15.4 Å². The summed E-state index contributed by atoms with van der Waals surface area (Å²) in [7, 11) is 0. The molecule has 0 aliphatic carbocycles. The first-order chi connectivity index (χ1) is 17.3. The van der Waals surface area contributed by atoms with Crippen molar-refractivity contribution in [3.05, 3.63) is 59.8 Å². The minimum atomic E-state index is -1.27. The molecule has 1 aromatic carbocycles. The molecule has 10 nitrogen and oxygen atoms in total. The van der Waals surface area contributed by atoms with Crippen molar-refractivity contribution < 1.29 is 29.3 Å². The number of nitrogens with zero attached hydrogens (tertiary/aromatic N) is 2. The van der Waals surface area contributed by atoms with Gasteiger partial charge in [-0.2, -0.15) is 0 Å². The van der Waals surface area contributed by atoms with Crippen LogP contribution in [0.1, 0.15) is 56.7 Å². The van der Waals surface area contributed by atoms with Crippen LogP contribution in [0.15, 0.2) is 48.7 Å². The van der Waals surface area contributed by atoms with E-state index < -0.39 is 36.3 Å². The van der Waals surface area contributed by atoms with E-state index in [1.54, 1.807) is 19.1 Å². The Hall–Kier alpha value is -3.66. The summed E-state index contributed by atoms with van der Waals surface area (Å²) in [5.41, 5.74) is 1.52. The van der Waals surface area contributed by atoms with Gasteiger partial charge in [0.15, 0.2) is 0 Å². The predicted molar refractivity (Wildman–Crippen MR) is 133 cm³/mol. The van der Waals surface area contributed by atoms with Gasteiger partial charge in [-0.3, -0.25) is 10.2 Å². The highest BCUT2D eigenvalue weighted by Crippen LogP contribution is 2.35. The number of aliphatic hydroxyl groups excluding tert-OH is 1. The van der Waals surface area contributed by atoms with Crippen LogP contribution in [0.3, 0.4) is 0 Å². The standard InChI is InChI=1S/C26H34N4O6/c1-3-4-5-9-14-36-26(35)29-21-16-18(12-13-27-21)15-20-22(24(32)33)30(23(20)31)25(34)28-17(2)19-10-7-6-8-11-19/h6-8,10-13,16-17,20,22-23,31H,3-5,9,14-15H2,1-2H3,(H,28,34)(H,32,33)(H,27,29,35). The number of aliphatic carboxylic acids is 1. The van der Waals surface area contributed by atoms with Crippen LogP contribution in [-0.4, -0.2) is 57.1 Å². The van der Waals surface area contributed by atoms with E-state index in [2.05, 4.69) is 22.5 Å². The van der Waals surface area contributed by atoms with Crippen LogP contribution in [0.2, 0.25) is 0 Å². The monoisotopic (exact) mass is 498 g/mol. The number of hydrogen-bond donors (Lipinski definition) is 4. The van der Waals surface area contributed by atoms with Crippen molar-refractivity contribution in [1.82, 2.24) is 15.2 Å². The molecule has 2 heterocycles. The molecule has 194 valence electrons. The van der Waals surface area contributed by atoms with Crippen molar-refractivity contribution in [2.24, 2.45) is 5.92 Å². The average Bonchev–Trinajstić information content (AvgIpc) is 2.85. The number of carbonyl (C=O) groups is 3. The number of nitrogens with one attached hydrogen (secondary N) is 2. The van der Waals surface area contributed by atoms with Gasteiger partial charge in [0.05, 0.1) is 12.6 Å². The summed E-state index contributed by atoms with van der Waals surface area (Å²) in [4.78, 5) is 41.8. The summed E-state index contributed by atoms with van der Waals surface area (Å²) in [6.07, 6.45) is 3.75. The Morgan fingerprint density at radius 2 is 1.89 bits per heavy atom. The van der Waals surface area contributed by atoms with Crippen LogP contribution in [0.5, 0.6) is 0 Å². The first-order valence-corrected chi connectivity index (χ1v) is 12.2. The molecule has 10 heteroatoms. The highest BCUT2D eigenvalue weighted by molar-refractivity contribution is 5.86. The molecule has 3 rings (SSSR count). The largest absolute Gasteiger partial charge is 0.480 e. The van der Waals surface area contributed by atoms with Crippen molar-refractivity contribution in [2.75, 3.05) is 11.9 Å². The van der Waals surface area contributed by atoms with Crippen molar-refractivity contribution in [3.63, 3.8) is 0 Å². The predicted octanol–water partition coefficient (Wildman–Crippen LogP) is 3.93. The molecule has 1 saturated heterocycles. The van der Waals surface area contributed by atoms with Crippen LogP contribution < -0.4 is 10.6 Å². The second-order valence-corrected chi connectivity index (χ2v) is 8.92. The van der Waals surface area contributed by atoms with Crippen molar-refractivity contribution in [3.8, 4) is 0 Å². The zero-order valence-corrected chi connectivity index (χ0v) is 20.6. The lowest BCUT2D eigenvalue weighted by Gasteiger charge is -2.50. The number of aromatic nitrogens is 1. The number of anilines is 1. The second kappa shape index (κ2) is 12.9. The Labute approximate surface area is 210 Å². The normalized spacial score (nSPS) is 19.6. The third kappa shape index (κ3) is 6.94. The summed E-state index contributed by atoms with van der Waals surface area (Å²) >= 11 is 0. The second-order valence-electron chi connectivity index (χ2n) is 8.92. The third-order valence-corrected chi connectivity index (χ3v) is 6.26. The van der Waals surface area contributed by atoms with Crippen LogP contribution in [-0.2, 0) is 16.0 Å². The summed E-state index contributed by atoms with van der Waals surface area (Å²) in [5.74, 6) is -1.66. The lowest BCUT2D eigenvalue weighted by atomic mass is 9.81. The maximum atomic E-state index is 12.8. The van der Waals surface area contributed by atoms with Gasteiger partial charge in [-0.15, -0.1) is 0 Å². The van der Waals surface area contributed by atoms with Gasteiger partial charge in [0.25, 0.3) is 0 Å². The number of likely N-dealkylation sites (tertiary alicyclic amines) is 1. The molecule has 4 atom stereocenters. The van der Waals surface area contributed by atoms with E-state index in [9.17, 15) is 24.6 Å². The number of rotatable bonds is 11. The molecule has 3 amide bonds. The lowest BCUT2D eigenvalue weighted by Crippen LogP contribution is -2.71. The molecule has 2 aromatic rings. The number of amides is 3. The number of carboxylic acid groups (broad SMARTS) is 1. The van der Waals surface area contributed by atoms with Crippen molar-refractivity contribution in [2.45, 2.75) is 64.3 Å². The first kappa shape index (κ1) is 26.9. The van der Waals surface area contributed by atoms with Gasteiger partial charge in [0, 0.05) is 12.1 Å². The first-order valence-electron chi connectivity index (χ1n) is 12.2. The Balaban J connectivity index is 1.57. The minimum absolute atomic E-state index is 0.180. The molecular formula is C26H34N4O6. The summed E-state index contributed by atoms with van der Waals surface area (Å²) in [6.45, 7) is 4.21. The van der Waals surface area contributed by atoms with Gasteiger partial charge in [0.2, 0.25) is 0 Å². The van der Waals surface area contributed by atoms with E-state index in [-0.39, 0.29) is 18.3 Å². The maximum Gasteiger partial charge on any atom is 0.412 e. The molecule has 1 aromatic heterocycles. The van der Waals surface area contributed by atoms with Gasteiger partial charge in [0.1, 0.15) is 18.1 Å². The fraction of sp³-hybridized carbons (Fsp3) is 0.462. The smallest absolute Gasteiger partial charge is 0.412 e. The molecule has 1 aliphatic rings. The van der Waals surface area contributed by atoms with Gasteiger partial charge in [-0.05, 0) is 43.0 Å². The van der Waals surface area contributed by atoms with Crippen LogP contribution >= 0.6 is 0 Å². The number of unbranched alkanes of at least 4 members (excludes halogenated alkanes) is 3. The molecule has 4 unspecified atom stereocenters. The van der Waals surface area contributed by atoms with Crippen molar-refractivity contribution >= 4 is 23.9 Å². The Kier molecular flexibility index (Phi) is 9.63. The Bertz CT molecular complexity index is 1030. The fourth-order valence-corrected chi connectivity index (χ4v) is 4.27. The van der Waals surface area contributed by atoms with Gasteiger partial charge in [-0.1, -0.05) is 56.5 Å². The molecule has 0 bridgehead atoms. The summed E-state index contributed by atoms with van der Waals surface area (Å²) in [6, 6.07) is 10.3. The van der Waals surface area contributed by atoms with E-state index in [4.69, 9.17) is 4.74 Å². The molecule has 1 fully saturated rings. The van der Waals surface area contributed by atoms with E-state index in [1.807, 2.05) is 30.3 Å². The number of pyridine rings is 1. The summed E-state index contributed by atoms with van der Waals surface area (Å²) in [5, 5.41) is 25.7. The van der Waals surface area contributed by atoms with Gasteiger partial charge < -0.3 is 20.3 Å². The maximum absolute atomic E-state index is 12.8. The van der Waals surface area contributed by atoms with E-state index in [0.717, 1.165) is 36.1 Å². The van der Waals surface area contributed by atoms with E-state index in [0.29, 0.717) is 12.2 Å². The average molecular weight is 499 g/mol. The number of ether oxygens (including phenoxy) is 1. The van der Waals surface area contributed by atoms with E-state index in [1.165, 1.54) is 6.20 Å². The topological polar surface area (TPSA) is 141 Å². The summed E-state index contributed by atoms with van der Waals surface area (Å²) < 4.78 is 5.16. The van der Waals surface area contributed by atoms with Gasteiger partial charge in [-0.25, -0.2) is 19.4 Å². The quantitative estimate of drug-likeness (QED) is 0.344. The number of urea groups is 1. The number of carbonyl (C=O) groups excluding carboxylic acids is 2. The Morgan fingerprint density at radius 1 is 1.14 bits per heavy atom. The number of hydrogen-bond acceptors (Lipinski definition) is 6. The lowest BCUT2D eigenvalue weighted by molar-refractivity contribution is -0.180. The minimum Gasteiger partial charge on any atom is -0.480 e. The number of benzene rings is 1. The molecule has 36 heavy (non-hydrogen) atoms. The molecular weight excluding hydrogens is 464 g/mol. The van der Waals surface area contributed by atoms with Gasteiger partial charge >= 0.3 is 18.1 Å². The number of carboxylic acids is 1. The Morgan fingerprint density at radius 3 is 2.58 bits per heavy atom. The highest BCUT2D eigenvalue weighted by Gasteiger charge is 2.54. The van der Waals surface area contributed by atoms with Crippen LogP contribution in [0.25, 0.3) is 0 Å².